The third-order valence-corrected chi connectivity index (χ3v) is 3.73. The first kappa shape index (κ1) is 13.5. The van der Waals surface area contributed by atoms with E-state index in [1.54, 1.807) is 0 Å². The minimum Gasteiger partial charge on any atom is -0.388 e. The molecule has 0 spiro atoms. The van der Waals surface area contributed by atoms with Gasteiger partial charge in [0.05, 0.1) is 5.60 Å². The Balaban J connectivity index is 2.34. The molecule has 0 radical (unpaired) electrons. The zero-order valence-corrected chi connectivity index (χ0v) is 10.8. The van der Waals surface area contributed by atoms with Crippen LogP contribution in [0.3, 0.4) is 0 Å². The fraction of sp³-hybridized carbons (Fsp3) is 0.923. The molecule has 0 saturated heterocycles. The van der Waals surface area contributed by atoms with Crippen molar-refractivity contribution in [3.8, 4) is 0 Å². The molecule has 0 aromatic heterocycles. The topological polar surface area (TPSA) is 49.3 Å². The summed E-state index contributed by atoms with van der Waals surface area (Å²) < 4.78 is 0. The van der Waals surface area contributed by atoms with Gasteiger partial charge in [-0.3, -0.25) is 4.79 Å². The summed E-state index contributed by atoms with van der Waals surface area (Å²) >= 11 is 0. The fourth-order valence-electron chi connectivity index (χ4n) is 2.26. The van der Waals surface area contributed by atoms with Gasteiger partial charge in [-0.05, 0) is 31.6 Å². The quantitative estimate of drug-likeness (QED) is 0.772. The summed E-state index contributed by atoms with van der Waals surface area (Å²) in [6.07, 6.45) is 5.03. The Kier molecular flexibility index (Phi) is 4.78. The van der Waals surface area contributed by atoms with Crippen LogP contribution in [0.15, 0.2) is 0 Å². The highest BCUT2D eigenvalue weighted by atomic mass is 16.3. The monoisotopic (exact) mass is 227 g/mol. The summed E-state index contributed by atoms with van der Waals surface area (Å²) in [4.78, 5) is 11.4. The highest BCUT2D eigenvalue weighted by molar-refractivity contribution is 5.77. The zero-order chi connectivity index (χ0) is 12.2. The molecule has 1 amide bonds. The number of aliphatic hydroxyl groups is 1. The molecule has 0 aliphatic heterocycles. The van der Waals surface area contributed by atoms with E-state index in [-0.39, 0.29) is 11.8 Å². The molecule has 1 saturated carbocycles. The molecule has 3 heteroatoms. The van der Waals surface area contributed by atoms with Gasteiger partial charge in [-0.25, -0.2) is 0 Å². The van der Waals surface area contributed by atoms with Gasteiger partial charge in [0.15, 0.2) is 0 Å². The third-order valence-electron chi connectivity index (χ3n) is 3.73. The van der Waals surface area contributed by atoms with Gasteiger partial charge in [-0.15, -0.1) is 0 Å². The first-order chi connectivity index (χ1) is 7.47. The third kappa shape index (κ3) is 3.78. The molecule has 0 unspecified atom stereocenters. The molecule has 1 aliphatic carbocycles. The minimum absolute atomic E-state index is 0.00409. The van der Waals surface area contributed by atoms with Crippen molar-refractivity contribution in [2.24, 2.45) is 11.8 Å². The number of nitrogens with one attached hydrogen (secondary N) is 1. The zero-order valence-electron chi connectivity index (χ0n) is 10.8. The largest absolute Gasteiger partial charge is 0.388 e. The van der Waals surface area contributed by atoms with Crippen LogP contribution in [0.1, 0.15) is 52.9 Å². The maximum absolute atomic E-state index is 11.4. The molecular formula is C13H25NO2. The maximum Gasteiger partial charge on any atom is 0.222 e. The van der Waals surface area contributed by atoms with Crippen molar-refractivity contribution in [1.29, 1.82) is 0 Å². The predicted molar refractivity (Wildman–Crippen MR) is 65.0 cm³/mol. The van der Waals surface area contributed by atoms with E-state index in [4.69, 9.17) is 0 Å². The molecule has 2 N–H and O–H groups in total. The highest BCUT2D eigenvalue weighted by Gasteiger charge is 2.32. The van der Waals surface area contributed by atoms with Crippen LogP contribution < -0.4 is 5.32 Å². The van der Waals surface area contributed by atoms with Crippen molar-refractivity contribution >= 4 is 5.91 Å². The Morgan fingerprint density at radius 1 is 1.44 bits per heavy atom. The smallest absolute Gasteiger partial charge is 0.222 e. The average Bonchev–Trinajstić information content (AvgIpc) is 2.27. The molecule has 1 aliphatic rings. The fourth-order valence-corrected chi connectivity index (χ4v) is 2.26. The van der Waals surface area contributed by atoms with Crippen molar-refractivity contribution in [3.05, 3.63) is 0 Å². The Labute approximate surface area is 98.6 Å². The van der Waals surface area contributed by atoms with Gasteiger partial charge in [-0.2, -0.15) is 0 Å². The first-order valence-electron chi connectivity index (χ1n) is 6.47. The van der Waals surface area contributed by atoms with Crippen LogP contribution in [0.5, 0.6) is 0 Å². The first-order valence-corrected chi connectivity index (χ1v) is 6.47. The number of hydrogen-bond donors (Lipinski definition) is 2. The normalized spacial score (nSPS) is 30.4. The lowest BCUT2D eigenvalue weighted by Crippen LogP contribution is -2.46. The second kappa shape index (κ2) is 5.67. The van der Waals surface area contributed by atoms with Crippen molar-refractivity contribution in [1.82, 2.24) is 5.32 Å². The molecule has 3 nitrogen and oxygen atoms in total. The summed E-state index contributed by atoms with van der Waals surface area (Å²) in [6.45, 7) is 6.36. The van der Waals surface area contributed by atoms with Crippen LogP contribution in [-0.4, -0.2) is 23.2 Å². The van der Waals surface area contributed by atoms with Crippen LogP contribution in [0.4, 0.5) is 0 Å². The van der Waals surface area contributed by atoms with E-state index in [1.165, 1.54) is 6.42 Å². The van der Waals surface area contributed by atoms with Gasteiger partial charge in [0.2, 0.25) is 5.91 Å². The molecular weight excluding hydrogens is 202 g/mol. The lowest BCUT2D eigenvalue weighted by atomic mass is 9.78. The van der Waals surface area contributed by atoms with Crippen LogP contribution in [0.2, 0.25) is 0 Å². The summed E-state index contributed by atoms with van der Waals surface area (Å²) in [5.74, 6) is 0.794. The standard InChI is InChI=1S/C13H25NO2/c1-4-11-5-7-13(16,8-6-11)9-14-12(15)10(2)3/h10-11,16H,4-9H2,1-3H3,(H,14,15). The lowest BCUT2D eigenvalue weighted by molar-refractivity contribution is -0.125. The number of carbonyl (C=O) groups is 1. The van der Waals surface area contributed by atoms with Crippen molar-refractivity contribution < 1.29 is 9.90 Å². The second-order valence-electron chi connectivity index (χ2n) is 5.45. The van der Waals surface area contributed by atoms with Gasteiger partial charge in [0.25, 0.3) is 0 Å². The molecule has 0 atom stereocenters. The molecule has 0 aromatic carbocycles. The second-order valence-corrected chi connectivity index (χ2v) is 5.45. The van der Waals surface area contributed by atoms with E-state index in [2.05, 4.69) is 12.2 Å². The van der Waals surface area contributed by atoms with Gasteiger partial charge in [-0.1, -0.05) is 27.2 Å². The van der Waals surface area contributed by atoms with E-state index in [9.17, 15) is 9.90 Å². The van der Waals surface area contributed by atoms with Crippen LogP contribution in [0.25, 0.3) is 0 Å². The van der Waals surface area contributed by atoms with Crippen LogP contribution in [0, 0.1) is 11.8 Å². The van der Waals surface area contributed by atoms with Crippen LogP contribution in [-0.2, 0) is 4.79 Å². The van der Waals surface area contributed by atoms with E-state index in [1.807, 2.05) is 13.8 Å². The Hall–Kier alpha value is -0.570. The van der Waals surface area contributed by atoms with E-state index >= 15 is 0 Å². The van der Waals surface area contributed by atoms with E-state index in [0.29, 0.717) is 6.54 Å². The Morgan fingerprint density at radius 3 is 2.44 bits per heavy atom. The number of rotatable bonds is 4. The summed E-state index contributed by atoms with van der Waals surface area (Å²) in [6, 6.07) is 0. The molecule has 1 rings (SSSR count). The number of hydrogen-bond acceptors (Lipinski definition) is 2. The summed E-state index contributed by atoms with van der Waals surface area (Å²) in [5.41, 5.74) is -0.657. The Bertz CT molecular complexity index is 230. The van der Waals surface area contributed by atoms with Gasteiger partial charge in [0, 0.05) is 12.5 Å². The highest BCUT2D eigenvalue weighted by Crippen LogP contribution is 2.33. The molecule has 16 heavy (non-hydrogen) atoms. The van der Waals surface area contributed by atoms with Crippen molar-refractivity contribution in [2.75, 3.05) is 6.54 Å². The molecule has 1 fully saturated rings. The van der Waals surface area contributed by atoms with E-state index in [0.717, 1.165) is 31.6 Å². The number of carbonyl (C=O) groups excluding carboxylic acids is 1. The molecule has 0 heterocycles. The molecule has 0 aromatic rings. The SMILES string of the molecule is CCC1CCC(O)(CNC(=O)C(C)C)CC1. The van der Waals surface area contributed by atoms with Crippen molar-refractivity contribution in [2.45, 2.75) is 58.5 Å². The van der Waals surface area contributed by atoms with Gasteiger partial charge < -0.3 is 10.4 Å². The minimum atomic E-state index is -0.657. The van der Waals surface area contributed by atoms with E-state index < -0.39 is 5.60 Å². The molecule has 0 bridgehead atoms. The predicted octanol–water partition coefficient (Wildman–Crippen LogP) is 2.09. The maximum atomic E-state index is 11.4. The summed E-state index contributed by atoms with van der Waals surface area (Å²) in [5, 5.41) is 13.1. The average molecular weight is 227 g/mol. The van der Waals surface area contributed by atoms with Gasteiger partial charge >= 0.3 is 0 Å². The van der Waals surface area contributed by atoms with Crippen LogP contribution >= 0.6 is 0 Å². The lowest BCUT2D eigenvalue weighted by Gasteiger charge is -2.36. The Morgan fingerprint density at radius 2 is 2.00 bits per heavy atom. The molecule has 94 valence electrons. The van der Waals surface area contributed by atoms with Crippen molar-refractivity contribution in [3.63, 3.8) is 0 Å². The summed E-state index contributed by atoms with van der Waals surface area (Å²) in [7, 11) is 0. The number of amides is 1. The van der Waals surface area contributed by atoms with Gasteiger partial charge in [0.1, 0.15) is 0 Å².